The smallest absolute Gasteiger partial charge is 0.255 e. The predicted octanol–water partition coefficient (Wildman–Crippen LogP) is 1.99. The molecule has 1 heterocycles. The number of aromatic nitrogens is 1. The molecule has 0 aliphatic heterocycles. The van der Waals surface area contributed by atoms with Crippen LogP contribution in [0.4, 0.5) is 5.82 Å². The summed E-state index contributed by atoms with van der Waals surface area (Å²) >= 11 is 0. The number of hydrogen-bond acceptors (Lipinski definition) is 4. The maximum atomic E-state index is 12.0. The van der Waals surface area contributed by atoms with Gasteiger partial charge in [-0.2, -0.15) is 0 Å². The van der Waals surface area contributed by atoms with Gasteiger partial charge >= 0.3 is 0 Å². The molecule has 2 rings (SSSR count). The lowest BCUT2D eigenvalue weighted by atomic mass is 10.2. The van der Waals surface area contributed by atoms with Gasteiger partial charge in [0.25, 0.3) is 5.91 Å². The molecule has 5 heteroatoms. The van der Waals surface area contributed by atoms with Gasteiger partial charge in [0.05, 0.1) is 12.2 Å². The molecule has 0 aliphatic rings. The highest BCUT2D eigenvalue weighted by Crippen LogP contribution is 2.18. The van der Waals surface area contributed by atoms with E-state index < -0.39 is 0 Å². The minimum absolute atomic E-state index is 0.225. The van der Waals surface area contributed by atoms with Crippen LogP contribution in [0, 0.1) is 0 Å². The highest BCUT2D eigenvalue weighted by atomic mass is 16.5. The Labute approximate surface area is 117 Å². The molecule has 0 aliphatic carbocycles. The van der Waals surface area contributed by atoms with Crippen LogP contribution in [0.3, 0.4) is 0 Å². The Morgan fingerprint density at radius 1 is 1.30 bits per heavy atom. The van der Waals surface area contributed by atoms with Crippen LogP contribution in [0.15, 0.2) is 42.6 Å². The van der Waals surface area contributed by atoms with Gasteiger partial charge in [0.1, 0.15) is 11.6 Å². The van der Waals surface area contributed by atoms with Gasteiger partial charge in [-0.1, -0.05) is 18.2 Å². The van der Waals surface area contributed by atoms with E-state index in [1.54, 1.807) is 18.3 Å². The second kappa shape index (κ2) is 6.56. The van der Waals surface area contributed by atoms with Gasteiger partial charge in [0.15, 0.2) is 0 Å². The Morgan fingerprint density at radius 3 is 2.85 bits per heavy atom. The Bertz CT molecular complexity index is 599. The van der Waals surface area contributed by atoms with E-state index in [4.69, 9.17) is 10.5 Å². The number of nitrogens with zero attached hydrogens (tertiary/aromatic N) is 1. The molecule has 104 valence electrons. The molecule has 0 radical (unpaired) electrons. The molecule has 0 atom stereocenters. The van der Waals surface area contributed by atoms with Crippen molar-refractivity contribution >= 4 is 11.7 Å². The minimum atomic E-state index is -0.248. The summed E-state index contributed by atoms with van der Waals surface area (Å²) < 4.78 is 5.51. The number of pyridine rings is 1. The summed E-state index contributed by atoms with van der Waals surface area (Å²) in [6, 6.07) is 10.9. The zero-order valence-electron chi connectivity index (χ0n) is 11.3. The van der Waals surface area contributed by atoms with E-state index in [0.717, 1.165) is 11.3 Å². The number of nitrogens with one attached hydrogen (secondary N) is 1. The van der Waals surface area contributed by atoms with Crippen LogP contribution in [0.5, 0.6) is 5.75 Å². The number of anilines is 1. The third kappa shape index (κ3) is 3.26. The number of amides is 1. The summed E-state index contributed by atoms with van der Waals surface area (Å²) in [6.07, 6.45) is 1.55. The number of benzene rings is 1. The number of ether oxygens (including phenoxy) is 1. The first-order chi connectivity index (χ1) is 9.72. The Balaban J connectivity index is 2.06. The fourth-order valence-electron chi connectivity index (χ4n) is 1.83. The van der Waals surface area contributed by atoms with Gasteiger partial charge in [-0.15, -0.1) is 0 Å². The van der Waals surface area contributed by atoms with Gasteiger partial charge in [0.2, 0.25) is 0 Å². The molecule has 1 amide bonds. The van der Waals surface area contributed by atoms with Crippen molar-refractivity contribution in [2.24, 2.45) is 0 Å². The van der Waals surface area contributed by atoms with Crippen molar-refractivity contribution in [1.29, 1.82) is 0 Å². The monoisotopic (exact) mass is 271 g/mol. The van der Waals surface area contributed by atoms with E-state index in [2.05, 4.69) is 10.3 Å². The Hall–Kier alpha value is -2.56. The van der Waals surface area contributed by atoms with Crippen LogP contribution < -0.4 is 15.8 Å². The summed E-state index contributed by atoms with van der Waals surface area (Å²) in [5.74, 6) is 0.749. The predicted molar refractivity (Wildman–Crippen MR) is 77.4 cm³/mol. The number of hydrogen-bond donors (Lipinski definition) is 2. The van der Waals surface area contributed by atoms with Crippen molar-refractivity contribution in [1.82, 2.24) is 10.3 Å². The minimum Gasteiger partial charge on any atom is -0.494 e. The average molecular weight is 271 g/mol. The molecule has 0 bridgehead atoms. The fraction of sp³-hybridized carbons (Fsp3) is 0.200. The van der Waals surface area contributed by atoms with E-state index in [9.17, 15) is 4.79 Å². The molecular weight excluding hydrogens is 254 g/mol. The van der Waals surface area contributed by atoms with E-state index in [1.165, 1.54) is 0 Å². The van der Waals surface area contributed by atoms with Gasteiger partial charge in [-0.05, 0) is 25.1 Å². The third-order valence-electron chi connectivity index (χ3n) is 2.80. The maximum Gasteiger partial charge on any atom is 0.255 e. The average Bonchev–Trinajstić information content (AvgIpc) is 2.47. The number of carbonyl (C=O) groups excluding carboxylic acids is 1. The van der Waals surface area contributed by atoms with Gasteiger partial charge in [0, 0.05) is 18.3 Å². The van der Waals surface area contributed by atoms with Crippen molar-refractivity contribution in [3.8, 4) is 5.75 Å². The third-order valence-corrected chi connectivity index (χ3v) is 2.80. The van der Waals surface area contributed by atoms with Crippen molar-refractivity contribution in [3.05, 3.63) is 53.7 Å². The topological polar surface area (TPSA) is 77.2 Å². The van der Waals surface area contributed by atoms with Crippen LogP contribution in [0.1, 0.15) is 22.8 Å². The van der Waals surface area contributed by atoms with Crippen LogP contribution in [-0.2, 0) is 6.54 Å². The van der Waals surface area contributed by atoms with Crippen molar-refractivity contribution in [3.63, 3.8) is 0 Å². The summed E-state index contributed by atoms with van der Waals surface area (Å²) in [4.78, 5) is 15.9. The maximum absolute atomic E-state index is 12.0. The fourth-order valence-corrected chi connectivity index (χ4v) is 1.83. The number of rotatable bonds is 5. The first-order valence-corrected chi connectivity index (χ1v) is 6.41. The summed E-state index contributed by atoms with van der Waals surface area (Å²) in [7, 11) is 0. The normalized spacial score (nSPS) is 10.1. The van der Waals surface area contributed by atoms with Crippen LogP contribution in [0.2, 0.25) is 0 Å². The summed E-state index contributed by atoms with van der Waals surface area (Å²) in [5.41, 5.74) is 6.97. The first-order valence-electron chi connectivity index (χ1n) is 6.41. The molecule has 2 aromatic rings. The van der Waals surface area contributed by atoms with E-state index in [1.807, 2.05) is 31.2 Å². The van der Waals surface area contributed by atoms with Crippen LogP contribution >= 0.6 is 0 Å². The van der Waals surface area contributed by atoms with Crippen molar-refractivity contribution in [2.45, 2.75) is 13.5 Å². The van der Waals surface area contributed by atoms with Crippen molar-refractivity contribution < 1.29 is 9.53 Å². The molecule has 1 aromatic heterocycles. The zero-order valence-corrected chi connectivity index (χ0v) is 11.3. The summed E-state index contributed by atoms with van der Waals surface area (Å²) in [6.45, 7) is 2.88. The number of nitrogens with two attached hydrogens (primary N) is 1. The van der Waals surface area contributed by atoms with Crippen LogP contribution in [-0.4, -0.2) is 17.5 Å². The second-order valence-electron chi connectivity index (χ2n) is 4.16. The molecule has 0 saturated carbocycles. The number of para-hydroxylation sites is 1. The molecular formula is C15H17N3O2. The molecule has 5 nitrogen and oxygen atoms in total. The molecule has 20 heavy (non-hydrogen) atoms. The van der Waals surface area contributed by atoms with E-state index in [-0.39, 0.29) is 11.7 Å². The summed E-state index contributed by atoms with van der Waals surface area (Å²) in [5, 5.41) is 2.82. The highest BCUT2D eigenvalue weighted by molar-refractivity contribution is 5.98. The Kier molecular flexibility index (Phi) is 4.55. The second-order valence-corrected chi connectivity index (χ2v) is 4.16. The van der Waals surface area contributed by atoms with Gasteiger partial charge in [-0.3, -0.25) is 4.79 Å². The molecule has 3 N–H and O–H groups in total. The zero-order chi connectivity index (χ0) is 14.4. The quantitative estimate of drug-likeness (QED) is 0.872. The number of carbonyl (C=O) groups is 1. The molecule has 1 aromatic carbocycles. The standard InChI is InChI=1S/C15H17N3O2/c1-2-20-13-8-4-3-6-11(13)10-18-15(19)12-7-5-9-17-14(12)16/h3-9H,2,10H2,1H3,(H2,16,17)(H,18,19). The van der Waals surface area contributed by atoms with Gasteiger partial charge in [-0.25, -0.2) is 4.98 Å². The number of nitrogen functional groups attached to an aromatic ring is 1. The van der Waals surface area contributed by atoms with Crippen LogP contribution in [0.25, 0.3) is 0 Å². The first kappa shape index (κ1) is 13.9. The molecule has 0 saturated heterocycles. The lowest BCUT2D eigenvalue weighted by Crippen LogP contribution is -2.24. The molecule has 0 unspecified atom stereocenters. The lowest BCUT2D eigenvalue weighted by Gasteiger charge is -2.11. The van der Waals surface area contributed by atoms with E-state index in [0.29, 0.717) is 18.7 Å². The SMILES string of the molecule is CCOc1ccccc1CNC(=O)c1cccnc1N. The largest absolute Gasteiger partial charge is 0.494 e. The molecule has 0 spiro atoms. The van der Waals surface area contributed by atoms with Gasteiger partial charge < -0.3 is 15.8 Å². The van der Waals surface area contributed by atoms with Crippen molar-refractivity contribution in [2.75, 3.05) is 12.3 Å². The highest BCUT2D eigenvalue weighted by Gasteiger charge is 2.10. The van der Waals surface area contributed by atoms with E-state index >= 15 is 0 Å². The molecule has 0 fully saturated rings. The Morgan fingerprint density at radius 2 is 2.10 bits per heavy atom. The lowest BCUT2D eigenvalue weighted by molar-refractivity contribution is 0.0951.